The average molecular weight is 286 g/mol. The number of rotatable bonds is 5. The Balaban J connectivity index is 3.36. The van der Waals surface area contributed by atoms with Crippen LogP contribution < -0.4 is 4.90 Å². The average Bonchev–Trinajstić information content (AvgIpc) is 2.36. The molecule has 0 aliphatic carbocycles. The number of hydrogen-bond donors (Lipinski definition) is 0. The molecule has 0 saturated heterocycles. The molecule has 0 atom stereocenters. The van der Waals surface area contributed by atoms with E-state index in [1.807, 2.05) is 6.92 Å². The van der Waals surface area contributed by atoms with Gasteiger partial charge in [0.15, 0.2) is 14.9 Å². The molecule has 0 spiro atoms. The highest BCUT2D eigenvalue weighted by atomic mass is 32.2. The van der Waals surface area contributed by atoms with Crippen molar-refractivity contribution in [2.45, 2.75) is 18.4 Å². The Hall–Kier alpha value is -1.63. The summed E-state index contributed by atoms with van der Waals surface area (Å²) >= 11 is 0. The monoisotopic (exact) mass is 286 g/mol. The van der Waals surface area contributed by atoms with E-state index >= 15 is 0 Å². The van der Waals surface area contributed by atoms with Gasteiger partial charge < -0.3 is 9.64 Å². The first kappa shape index (κ1) is 15.4. The van der Waals surface area contributed by atoms with E-state index in [0.29, 0.717) is 12.4 Å². The molecule has 1 aromatic rings. The molecule has 0 N–H and O–H groups in total. The fourth-order valence-electron chi connectivity index (χ4n) is 1.56. The number of ether oxygens (including phenoxy) is 1. The fraction of sp³-hybridized carbons (Fsp3) is 0.500. The lowest BCUT2D eigenvalue weighted by Gasteiger charge is -2.18. The van der Waals surface area contributed by atoms with Crippen molar-refractivity contribution in [3.8, 4) is 0 Å². The van der Waals surface area contributed by atoms with Crippen LogP contribution in [0.2, 0.25) is 0 Å². The Morgan fingerprint density at radius 1 is 1.42 bits per heavy atom. The summed E-state index contributed by atoms with van der Waals surface area (Å²) in [6.45, 7) is 2.71. The second-order valence-electron chi connectivity index (χ2n) is 4.24. The third-order valence-corrected chi connectivity index (χ3v) is 3.51. The van der Waals surface area contributed by atoms with Crippen LogP contribution in [0.4, 0.5) is 5.82 Å². The Labute approximate surface area is 113 Å². The first-order valence-corrected chi connectivity index (χ1v) is 7.70. The molecule has 0 radical (unpaired) electrons. The zero-order valence-electron chi connectivity index (χ0n) is 11.5. The lowest BCUT2D eigenvalue weighted by molar-refractivity contribution is 0.0600. The topological polar surface area (TPSA) is 76.6 Å². The maximum atomic E-state index is 11.6. The third-order valence-electron chi connectivity index (χ3n) is 2.54. The molecule has 1 heterocycles. The van der Waals surface area contributed by atoms with Gasteiger partial charge in [-0.15, -0.1) is 0 Å². The van der Waals surface area contributed by atoms with Crippen molar-refractivity contribution < 1.29 is 17.9 Å². The summed E-state index contributed by atoms with van der Waals surface area (Å²) < 4.78 is 27.8. The number of sulfone groups is 1. The summed E-state index contributed by atoms with van der Waals surface area (Å²) in [7, 11) is -0.445. The van der Waals surface area contributed by atoms with Crippen molar-refractivity contribution in [3.63, 3.8) is 0 Å². The van der Waals surface area contributed by atoms with E-state index in [0.717, 1.165) is 12.7 Å². The quantitative estimate of drug-likeness (QED) is 0.755. The zero-order valence-corrected chi connectivity index (χ0v) is 12.3. The lowest BCUT2D eigenvalue weighted by atomic mass is 10.2. The summed E-state index contributed by atoms with van der Waals surface area (Å²) in [6.07, 6.45) is 1.94. The van der Waals surface area contributed by atoms with Crippen molar-refractivity contribution in [1.29, 1.82) is 0 Å². The third kappa shape index (κ3) is 3.92. The summed E-state index contributed by atoms with van der Waals surface area (Å²) in [6, 6.07) is 2.75. The molecule has 0 bridgehead atoms. The minimum Gasteiger partial charge on any atom is -0.465 e. The van der Waals surface area contributed by atoms with Gasteiger partial charge in [0.1, 0.15) is 5.82 Å². The summed E-state index contributed by atoms with van der Waals surface area (Å²) in [5.41, 5.74) is 0.177. The van der Waals surface area contributed by atoms with E-state index in [-0.39, 0.29) is 10.6 Å². The van der Waals surface area contributed by atoms with Gasteiger partial charge in [-0.25, -0.2) is 18.2 Å². The molecule has 6 nitrogen and oxygen atoms in total. The Kier molecular flexibility index (Phi) is 4.88. The molecule has 0 aliphatic rings. The van der Waals surface area contributed by atoms with Crippen molar-refractivity contribution in [3.05, 3.63) is 17.7 Å². The number of carbonyl (C=O) groups excluding carboxylic acids is 1. The number of carbonyl (C=O) groups is 1. The van der Waals surface area contributed by atoms with Crippen LogP contribution in [0.25, 0.3) is 0 Å². The van der Waals surface area contributed by atoms with Gasteiger partial charge >= 0.3 is 5.97 Å². The molecule has 19 heavy (non-hydrogen) atoms. The van der Waals surface area contributed by atoms with Crippen LogP contribution in [0.3, 0.4) is 0 Å². The van der Waals surface area contributed by atoms with E-state index in [1.54, 1.807) is 11.9 Å². The van der Waals surface area contributed by atoms with Gasteiger partial charge in [0, 0.05) is 19.8 Å². The van der Waals surface area contributed by atoms with Gasteiger partial charge in [0.05, 0.1) is 12.7 Å². The highest BCUT2D eigenvalue weighted by molar-refractivity contribution is 7.90. The first-order chi connectivity index (χ1) is 8.79. The Morgan fingerprint density at radius 2 is 2.05 bits per heavy atom. The van der Waals surface area contributed by atoms with Crippen molar-refractivity contribution in [1.82, 2.24) is 4.98 Å². The fourth-order valence-corrected chi connectivity index (χ4v) is 2.16. The van der Waals surface area contributed by atoms with E-state index < -0.39 is 15.8 Å². The van der Waals surface area contributed by atoms with Gasteiger partial charge in [0.2, 0.25) is 0 Å². The smallest absolute Gasteiger partial charge is 0.338 e. The molecular formula is C12H18N2O4S. The largest absolute Gasteiger partial charge is 0.465 e. The van der Waals surface area contributed by atoms with Gasteiger partial charge in [0.25, 0.3) is 0 Å². The van der Waals surface area contributed by atoms with Crippen LogP contribution in [0.1, 0.15) is 23.7 Å². The van der Waals surface area contributed by atoms with Crippen LogP contribution in [-0.4, -0.2) is 46.3 Å². The minimum absolute atomic E-state index is 0.131. The molecule has 0 amide bonds. The van der Waals surface area contributed by atoms with Crippen LogP contribution in [0.15, 0.2) is 17.2 Å². The number of methoxy groups -OCH3 is 1. The number of aromatic nitrogens is 1. The van der Waals surface area contributed by atoms with E-state index in [1.165, 1.54) is 19.2 Å². The summed E-state index contributed by atoms with van der Waals surface area (Å²) in [4.78, 5) is 17.4. The Bertz CT molecular complexity index is 569. The van der Waals surface area contributed by atoms with Crippen molar-refractivity contribution in [2.24, 2.45) is 0 Å². The minimum atomic E-state index is -3.48. The van der Waals surface area contributed by atoms with Crippen LogP contribution in [0, 0.1) is 0 Å². The zero-order chi connectivity index (χ0) is 14.6. The highest BCUT2D eigenvalue weighted by Gasteiger charge is 2.17. The highest BCUT2D eigenvalue weighted by Crippen LogP contribution is 2.18. The van der Waals surface area contributed by atoms with Gasteiger partial charge in [-0.2, -0.15) is 0 Å². The van der Waals surface area contributed by atoms with Crippen LogP contribution >= 0.6 is 0 Å². The maximum Gasteiger partial charge on any atom is 0.338 e. The predicted octanol–water partition coefficient (Wildman–Crippen LogP) is 1.12. The molecule has 0 aromatic carbocycles. The molecule has 1 rings (SSSR count). The van der Waals surface area contributed by atoms with Crippen LogP contribution in [-0.2, 0) is 14.6 Å². The molecule has 0 aliphatic heterocycles. The summed E-state index contributed by atoms with van der Waals surface area (Å²) in [5.74, 6) is -0.149. The van der Waals surface area contributed by atoms with Gasteiger partial charge in [-0.05, 0) is 18.6 Å². The number of esters is 1. The standard InChI is InChI=1S/C12H18N2O4S/c1-5-6-14(2)10-7-9(12(15)18-3)8-11(13-10)19(4,16)17/h7-8H,5-6H2,1-4H3. The molecular weight excluding hydrogens is 268 g/mol. The predicted molar refractivity (Wildman–Crippen MR) is 72.2 cm³/mol. The van der Waals surface area contributed by atoms with E-state index in [4.69, 9.17) is 0 Å². The molecule has 106 valence electrons. The number of nitrogens with zero attached hydrogens (tertiary/aromatic N) is 2. The molecule has 0 unspecified atom stereocenters. The summed E-state index contributed by atoms with van der Waals surface area (Å²) in [5, 5.41) is -0.131. The molecule has 0 fully saturated rings. The first-order valence-electron chi connectivity index (χ1n) is 5.81. The molecule has 0 saturated carbocycles. The van der Waals surface area contributed by atoms with Crippen molar-refractivity contribution >= 4 is 21.6 Å². The van der Waals surface area contributed by atoms with Crippen molar-refractivity contribution in [2.75, 3.05) is 31.9 Å². The number of hydrogen-bond acceptors (Lipinski definition) is 6. The molecule has 1 aromatic heterocycles. The second-order valence-corrected chi connectivity index (χ2v) is 6.20. The normalized spacial score (nSPS) is 11.2. The number of pyridine rings is 1. The van der Waals surface area contributed by atoms with E-state index in [2.05, 4.69) is 9.72 Å². The Morgan fingerprint density at radius 3 is 2.53 bits per heavy atom. The maximum absolute atomic E-state index is 11.6. The SMILES string of the molecule is CCCN(C)c1cc(C(=O)OC)cc(S(C)(=O)=O)n1. The van der Waals surface area contributed by atoms with Gasteiger partial charge in [-0.1, -0.05) is 6.92 Å². The van der Waals surface area contributed by atoms with Gasteiger partial charge in [-0.3, -0.25) is 0 Å². The van der Waals surface area contributed by atoms with E-state index in [9.17, 15) is 13.2 Å². The van der Waals surface area contributed by atoms with Crippen LogP contribution in [0.5, 0.6) is 0 Å². The number of anilines is 1. The second kappa shape index (κ2) is 6.01. The molecule has 7 heteroatoms. The lowest BCUT2D eigenvalue weighted by Crippen LogP contribution is -2.21.